The first-order valence-corrected chi connectivity index (χ1v) is 4.23. The van der Waals surface area contributed by atoms with Gasteiger partial charge in [0.15, 0.2) is 0 Å². The Balaban J connectivity index is 2.20. The molecule has 3 heteroatoms. The predicted octanol–water partition coefficient (Wildman–Crippen LogP) is 0.850. The molecule has 0 unspecified atom stereocenters. The highest BCUT2D eigenvalue weighted by Crippen LogP contribution is 2.14. The van der Waals surface area contributed by atoms with Crippen LogP contribution < -0.4 is 4.90 Å². The van der Waals surface area contributed by atoms with Gasteiger partial charge in [-0.15, -0.1) is 0 Å². The molecule has 0 spiro atoms. The van der Waals surface area contributed by atoms with Gasteiger partial charge < -0.3 is 9.64 Å². The number of nitrogens with zero attached hydrogens (tertiary/aromatic N) is 1. The van der Waals surface area contributed by atoms with E-state index in [1.165, 1.54) is 0 Å². The quantitative estimate of drug-likeness (QED) is 0.634. The van der Waals surface area contributed by atoms with E-state index in [9.17, 15) is 4.79 Å². The second-order valence-electron chi connectivity index (χ2n) is 2.85. The molecule has 0 aromatic heterocycles. The Morgan fingerprint density at radius 1 is 1.46 bits per heavy atom. The number of carbonyl (C=O) groups excluding carboxylic acids is 1. The van der Waals surface area contributed by atoms with Gasteiger partial charge in [0.1, 0.15) is 6.61 Å². The maximum Gasteiger partial charge on any atom is 0.253 e. The predicted molar refractivity (Wildman–Crippen MR) is 48.5 cm³/mol. The van der Waals surface area contributed by atoms with Gasteiger partial charge in [-0.3, -0.25) is 4.79 Å². The van der Waals surface area contributed by atoms with Gasteiger partial charge in [0.25, 0.3) is 5.91 Å². The van der Waals surface area contributed by atoms with Crippen LogP contribution in [0.2, 0.25) is 0 Å². The summed E-state index contributed by atoms with van der Waals surface area (Å²) in [6.07, 6.45) is 0. The molecular weight excluding hydrogens is 166 g/mol. The van der Waals surface area contributed by atoms with Crippen LogP contribution in [0.15, 0.2) is 24.3 Å². The van der Waals surface area contributed by atoms with Gasteiger partial charge in [-0.1, -0.05) is 18.2 Å². The summed E-state index contributed by atoms with van der Waals surface area (Å²) in [6.45, 7) is 1.41. The average Bonchev–Trinajstić information content (AvgIpc) is 2.20. The molecule has 1 aliphatic rings. The Hall–Kier alpha value is -1.35. The van der Waals surface area contributed by atoms with Crippen molar-refractivity contribution in [3.63, 3.8) is 0 Å². The van der Waals surface area contributed by atoms with Gasteiger partial charge in [-0.2, -0.15) is 0 Å². The first kappa shape index (κ1) is 8.26. The minimum absolute atomic E-state index is 0.00806. The van der Waals surface area contributed by atoms with Crippen molar-refractivity contribution >= 4 is 11.6 Å². The Morgan fingerprint density at radius 2 is 2.38 bits per heavy atom. The van der Waals surface area contributed by atoms with Crippen LogP contribution in [0.25, 0.3) is 0 Å². The van der Waals surface area contributed by atoms with Crippen molar-refractivity contribution in [3.05, 3.63) is 30.3 Å². The van der Waals surface area contributed by atoms with Crippen molar-refractivity contribution in [2.24, 2.45) is 0 Å². The zero-order valence-electron chi connectivity index (χ0n) is 7.19. The molecule has 1 aromatic rings. The molecule has 2 rings (SSSR count). The molecule has 0 aliphatic carbocycles. The van der Waals surface area contributed by atoms with Crippen molar-refractivity contribution in [3.8, 4) is 0 Å². The summed E-state index contributed by atoms with van der Waals surface area (Å²) in [4.78, 5) is 13.1. The van der Waals surface area contributed by atoms with Crippen LogP contribution in [0, 0.1) is 6.07 Å². The summed E-state index contributed by atoms with van der Waals surface area (Å²) in [5.74, 6) is 0.00806. The second-order valence-corrected chi connectivity index (χ2v) is 2.85. The van der Waals surface area contributed by atoms with E-state index in [1.54, 1.807) is 11.0 Å². The zero-order chi connectivity index (χ0) is 9.10. The summed E-state index contributed by atoms with van der Waals surface area (Å²) >= 11 is 0. The van der Waals surface area contributed by atoms with E-state index in [0.717, 1.165) is 5.69 Å². The number of amides is 1. The molecule has 0 N–H and O–H groups in total. The molecule has 1 amide bonds. The van der Waals surface area contributed by atoms with E-state index in [-0.39, 0.29) is 12.5 Å². The third-order valence-corrected chi connectivity index (χ3v) is 1.97. The molecule has 1 heterocycles. The average molecular weight is 176 g/mol. The Bertz CT molecular complexity index is 297. The molecule has 0 saturated carbocycles. The molecule has 1 radical (unpaired) electrons. The minimum Gasteiger partial charge on any atom is -0.370 e. The second kappa shape index (κ2) is 3.58. The molecule has 1 fully saturated rings. The Labute approximate surface area is 76.9 Å². The maximum absolute atomic E-state index is 11.4. The Kier molecular flexibility index (Phi) is 2.27. The fourth-order valence-corrected chi connectivity index (χ4v) is 1.32. The largest absolute Gasteiger partial charge is 0.370 e. The number of carbonyl (C=O) groups is 1. The number of morpholine rings is 1. The van der Waals surface area contributed by atoms with Crippen molar-refractivity contribution in [1.29, 1.82) is 0 Å². The maximum atomic E-state index is 11.4. The van der Waals surface area contributed by atoms with Gasteiger partial charge in [-0.05, 0) is 6.07 Å². The standard InChI is InChI=1S/C10H10NO2/c12-10-8-13-7-6-11(10)9-4-2-1-3-5-9/h1-4H,6-8H2. The summed E-state index contributed by atoms with van der Waals surface area (Å²) in [5, 5.41) is 0. The summed E-state index contributed by atoms with van der Waals surface area (Å²) in [6, 6.07) is 10.5. The molecule has 0 atom stereocenters. The highest BCUT2D eigenvalue weighted by Gasteiger charge is 2.19. The minimum atomic E-state index is 0.00806. The third-order valence-electron chi connectivity index (χ3n) is 1.97. The van der Waals surface area contributed by atoms with Crippen LogP contribution in [0.5, 0.6) is 0 Å². The molecule has 0 bridgehead atoms. The van der Waals surface area contributed by atoms with Gasteiger partial charge in [0.05, 0.1) is 12.3 Å². The summed E-state index contributed by atoms with van der Waals surface area (Å²) in [7, 11) is 0. The van der Waals surface area contributed by atoms with Crippen LogP contribution in [0.4, 0.5) is 5.69 Å². The molecule has 1 aliphatic heterocycles. The molecule has 13 heavy (non-hydrogen) atoms. The van der Waals surface area contributed by atoms with E-state index >= 15 is 0 Å². The molecule has 1 saturated heterocycles. The lowest BCUT2D eigenvalue weighted by Crippen LogP contribution is -2.41. The van der Waals surface area contributed by atoms with E-state index < -0.39 is 0 Å². The third kappa shape index (κ3) is 1.70. The number of rotatable bonds is 1. The first-order chi connectivity index (χ1) is 6.38. The van der Waals surface area contributed by atoms with Crippen molar-refractivity contribution in [1.82, 2.24) is 0 Å². The molecule has 3 nitrogen and oxygen atoms in total. The van der Waals surface area contributed by atoms with Crippen molar-refractivity contribution in [2.45, 2.75) is 0 Å². The fourth-order valence-electron chi connectivity index (χ4n) is 1.32. The molecule has 67 valence electrons. The van der Waals surface area contributed by atoms with Crippen LogP contribution >= 0.6 is 0 Å². The number of benzene rings is 1. The highest BCUT2D eigenvalue weighted by atomic mass is 16.5. The van der Waals surface area contributed by atoms with E-state index in [1.807, 2.05) is 18.2 Å². The SMILES string of the molecule is O=C1COCCN1c1[c]cccc1. The van der Waals surface area contributed by atoms with Crippen LogP contribution in [-0.4, -0.2) is 25.7 Å². The van der Waals surface area contributed by atoms with Crippen molar-refractivity contribution < 1.29 is 9.53 Å². The fraction of sp³-hybridized carbons (Fsp3) is 0.300. The van der Waals surface area contributed by atoms with Gasteiger partial charge in [-0.25, -0.2) is 0 Å². The van der Waals surface area contributed by atoms with Crippen molar-refractivity contribution in [2.75, 3.05) is 24.7 Å². The van der Waals surface area contributed by atoms with E-state index in [0.29, 0.717) is 13.2 Å². The van der Waals surface area contributed by atoms with Crippen LogP contribution in [0.3, 0.4) is 0 Å². The number of para-hydroxylation sites is 1. The smallest absolute Gasteiger partial charge is 0.253 e. The van der Waals surface area contributed by atoms with Gasteiger partial charge in [0.2, 0.25) is 0 Å². The van der Waals surface area contributed by atoms with Crippen LogP contribution in [-0.2, 0) is 9.53 Å². The van der Waals surface area contributed by atoms with E-state index in [2.05, 4.69) is 6.07 Å². The number of anilines is 1. The van der Waals surface area contributed by atoms with Gasteiger partial charge >= 0.3 is 0 Å². The molecule has 1 aromatic carbocycles. The first-order valence-electron chi connectivity index (χ1n) is 4.23. The monoisotopic (exact) mass is 176 g/mol. The topological polar surface area (TPSA) is 29.5 Å². The lowest BCUT2D eigenvalue weighted by atomic mass is 10.2. The highest BCUT2D eigenvalue weighted by molar-refractivity contribution is 5.94. The zero-order valence-corrected chi connectivity index (χ0v) is 7.19. The number of hydrogen-bond donors (Lipinski definition) is 0. The number of hydrogen-bond acceptors (Lipinski definition) is 2. The molecular formula is C10H10NO2. The lowest BCUT2D eigenvalue weighted by molar-refractivity contribution is -0.125. The summed E-state index contributed by atoms with van der Waals surface area (Å²) in [5.41, 5.74) is 0.829. The van der Waals surface area contributed by atoms with Gasteiger partial charge in [0, 0.05) is 12.6 Å². The summed E-state index contributed by atoms with van der Waals surface area (Å²) < 4.78 is 5.03. The Morgan fingerprint density at radius 3 is 3.08 bits per heavy atom. The lowest BCUT2D eigenvalue weighted by Gasteiger charge is -2.26. The normalized spacial score (nSPS) is 17.5. The van der Waals surface area contributed by atoms with Crippen LogP contribution in [0.1, 0.15) is 0 Å². The van der Waals surface area contributed by atoms with E-state index in [4.69, 9.17) is 4.74 Å². The number of ether oxygens (including phenoxy) is 1.